The van der Waals surface area contributed by atoms with E-state index in [1.165, 1.54) is 62.3 Å². The summed E-state index contributed by atoms with van der Waals surface area (Å²) in [5.74, 6) is -0.160. The third kappa shape index (κ3) is 8.14. The van der Waals surface area contributed by atoms with Gasteiger partial charge in [-0.2, -0.15) is 0 Å². The fourth-order valence-corrected chi connectivity index (χ4v) is 23.4. The average Bonchev–Trinajstić information content (AvgIpc) is 3.20. The number of hydrogen-bond donors (Lipinski definition) is 0. The van der Waals surface area contributed by atoms with Gasteiger partial charge in [-0.1, -0.05) is 13.8 Å². The molecule has 0 radical (unpaired) electrons. The average molecular weight is 512 g/mol. The van der Waals surface area contributed by atoms with Crippen molar-refractivity contribution in [2.75, 3.05) is 0 Å². The monoisotopic (exact) mass is 513 g/mol. The van der Waals surface area contributed by atoms with Crippen molar-refractivity contribution in [3.05, 3.63) is 46.7 Å². The van der Waals surface area contributed by atoms with Crippen molar-refractivity contribution in [1.29, 1.82) is 0 Å². The molecule has 0 aliphatic heterocycles. The van der Waals surface area contributed by atoms with E-state index < -0.39 is 18.4 Å². The third-order valence-corrected chi connectivity index (χ3v) is 24.1. The molecule has 0 aliphatic carbocycles. The van der Waals surface area contributed by atoms with E-state index in [9.17, 15) is 4.39 Å². The van der Waals surface area contributed by atoms with Crippen LogP contribution in [-0.4, -0.2) is 23.4 Å². The van der Waals surface area contributed by atoms with Crippen molar-refractivity contribution < 1.29 is 4.39 Å². The summed E-state index contributed by atoms with van der Waals surface area (Å²) in [5, 5.41) is 0. The Morgan fingerprint density at radius 1 is 0.857 bits per heavy atom. The van der Waals surface area contributed by atoms with E-state index in [-0.39, 0.29) is 5.82 Å². The zero-order chi connectivity index (χ0) is 20.8. The molecular weight excluding hydrogens is 472 g/mol. The quantitative estimate of drug-likeness (QED) is 0.263. The van der Waals surface area contributed by atoms with Crippen LogP contribution in [0.15, 0.2) is 30.5 Å². The fourth-order valence-electron chi connectivity index (χ4n) is 3.68. The summed E-state index contributed by atoms with van der Waals surface area (Å²) in [5.41, 5.74) is 1.18. The molecule has 0 fully saturated rings. The normalized spacial score (nSPS) is 11.2. The molecule has 0 aliphatic rings. The van der Waals surface area contributed by atoms with Crippen LogP contribution >= 0.6 is 11.3 Å². The number of thiazole rings is 1. The van der Waals surface area contributed by atoms with E-state index in [0.29, 0.717) is 0 Å². The van der Waals surface area contributed by atoms with Gasteiger partial charge in [-0.3, -0.25) is 0 Å². The van der Waals surface area contributed by atoms with Crippen LogP contribution in [0.2, 0.25) is 13.3 Å². The predicted molar refractivity (Wildman–Crippen MR) is 127 cm³/mol. The van der Waals surface area contributed by atoms with Gasteiger partial charge in [-0.05, 0) is 0 Å². The molecule has 1 nitrogen and oxygen atoms in total. The standard InChI is InChI=1S/C10H7FNS.3C4H9.C2H6.Sn/c11-9-3-1-8(2-4-9)5-10-6-12-7-13-10;3*1-3-4-2;1-2;/h1-4,6H,5H2;3*1,3-4H2,2H3;1-2H3;. The second kappa shape index (κ2) is 14.5. The number of hydrogen-bond acceptors (Lipinski definition) is 2. The molecule has 0 bridgehead atoms. The molecular formula is C24H40FNSSn. The van der Waals surface area contributed by atoms with Crippen LogP contribution in [-0.2, 0) is 6.42 Å². The van der Waals surface area contributed by atoms with Crippen molar-refractivity contribution in [1.82, 2.24) is 4.98 Å². The summed E-state index contributed by atoms with van der Waals surface area (Å²) in [6.45, 7) is 11.0. The molecule has 28 heavy (non-hydrogen) atoms. The Balaban J connectivity index is 0.00000190. The Kier molecular flexibility index (Phi) is 13.3. The molecule has 1 aromatic carbocycles. The van der Waals surface area contributed by atoms with E-state index in [0.717, 1.165) is 6.42 Å². The van der Waals surface area contributed by atoms with Crippen molar-refractivity contribution in [3.63, 3.8) is 0 Å². The van der Waals surface area contributed by atoms with Crippen molar-refractivity contribution in [3.8, 4) is 0 Å². The van der Waals surface area contributed by atoms with Crippen molar-refractivity contribution in [2.45, 2.75) is 92.9 Å². The fraction of sp³-hybridized carbons (Fsp3) is 0.625. The molecule has 0 unspecified atom stereocenters. The summed E-state index contributed by atoms with van der Waals surface area (Å²) < 4.78 is 19.1. The molecule has 0 amide bonds. The molecule has 2 rings (SSSR count). The van der Waals surface area contributed by atoms with Crippen LogP contribution in [0, 0.1) is 5.82 Å². The van der Waals surface area contributed by atoms with Gasteiger partial charge in [0, 0.05) is 0 Å². The molecule has 0 N–H and O–H groups in total. The SMILES string of the molecule is CC.CCC[CH2][Sn]([CH2]CCC)([CH2]CCC)[c]1ncc(Cc2ccc(F)cc2)s1. The topological polar surface area (TPSA) is 12.9 Å². The van der Waals surface area contributed by atoms with Gasteiger partial charge in [0.1, 0.15) is 0 Å². The number of unbranched alkanes of at least 4 members (excludes halogenated alkanes) is 3. The molecule has 158 valence electrons. The van der Waals surface area contributed by atoms with E-state index >= 15 is 0 Å². The zero-order valence-corrected chi connectivity index (χ0v) is 22.4. The van der Waals surface area contributed by atoms with Crippen LogP contribution in [0.5, 0.6) is 0 Å². The Morgan fingerprint density at radius 3 is 1.82 bits per heavy atom. The number of aromatic nitrogens is 1. The number of benzene rings is 1. The maximum atomic E-state index is 13.1. The van der Waals surface area contributed by atoms with Gasteiger partial charge in [-0.15, -0.1) is 0 Å². The molecule has 4 heteroatoms. The van der Waals surface area contributed by atoms with Gasteiger partial charge in [0.15, 0.2) is 0 Å². The van der Waals surface area contributed by atoms with Gasteiger partial charge in [0.05, 0.1) is 0 Å². The Morgan fingerprint density at radius 2 is 1.36 bits per heavy atom. The van der Waals surface area contributed by atoms with Gasteiger partial charge in [-0.25, -0.2) is 0 Å². The van der Waals surface area contributed by atoms with Gasteiger partial charge in [0.25, 0.3) is 0 Å². The van der Waals surface area contributed by atoms with E-state index in [1.807, 2.05) is 37.3 Å². The minimum atomic E-state index is -2.39. The molecule has 0 saturated heterocycles. The molecule has 2 aromatic rings. The minimum absolute atomic E-state index is 0.160. The molecule has 0 saturated carbocycles. The van der Waals surface area contributed by atoms with Crippen molar-refractivity contribution >= 4 is 32.7 Å². The van der Waals surface area contributed by atoms with E-state index in [2.05, 4.69) is 27.0 Å². The Bertz CT molecular complexity index is 617. The first-order valence-electron chi connectivity index (χ1n) is 11.3. The molecule has 0 spiro atoms. The second-order valence-electron chi connectivity index (χ2n) is 7.53. The van der Waals surface area contributed by atoms with Crippen LogP contribution < -0.4 is 3.02 Å². The predicted octanol–water partition coefficient (Wildman–Crippen LogP) is 7.96. The Hall–Kier alpha value is -0.421. The van der Waals surface area contributed by atoms with Gasteiger partial charge < -0.3 is 0 Å². The first-order valence-corrected chi connectivity index (χ1v) is 19.6. The summed E-state index contributed by atoms with van der Waals surface area (Å²) in [6.07, 6.45) is 11.0. The van der Waals surface area contributed by atoms with Gasteiger partial charge in [0.2, 0.25) is 0 Å². The second-order valence-corrected chi connectivity index (χ2v) is 22.6. The summed E-state index contributed by atoms with van der Waals surface area (Å²) in [7, 11) is 0. The number of halogens is 1. The van der Waals surface area contributed by atoms with Crippen molar-refractivity contribution in [2.24, 2.45) is 0 Å². The Labute approximate surface area is 181 Å². The molecule has 0 atom stereocenters. The van der Waals surface area contributed by atoms with Crippen LogP contribution in [0.25, 0.3) is 0 Å². The first kappa shape index (κ1) is 25.6. The molecule has 1 heterocycles. The maximum absolute atomic E-state index is 13.1. The van der Waals surface area contributed by atoms with Crippen LogP contribution in [0.1, 0.15) is 83.6 Å². The van der Waals surface area contributed by atoms with E-state index in [4.69, 9.17) is 4.98 Å². The number of rotatable bonds is 12. The zero-order valence-electron chi connectivity index (χ0n) is 18.7. The summed E-state index contributed by atoms with van der Waals surface area (Å²) in [6, 6.07) is 6.92. The first-order chi connectivity index (χ1) is 13.6. The summed E-state index contributed by atoms with van der Waals surface area (Å²) in [4.78, 5) is 6.34. The molecule has 1 aromatic heterocycles. The van der Waals surface area contributed by atoms with Crippen LogP contribution in [0.4, 0.5) is 4.39 Å². The van der Waals surface area contributed by atoms with Crippen LogP contribution in [0.3, 0.4) is 0 Å². The third-order valence-electron chi connectivity index (χ3n) is 5.33. The summed E-state index contributed by atoms with van der Waals surface area (Å²) >= 11 is -0.410. The van der Waals surface area contributed by atoms with Gasteiger partial charge >= 0.3 is 168 Å². The number of nitrogens with zero attached hydrogens (tertiary/aromatic N) is 1. The van der Waals surface area contributed by atoms with E-state index in [1.54, 1.807) is 15.2 Å².